The molecule has 0 saturated carbocycles. The van der Waals surface area contributed by atoms with Crippen molar-refractivity contribution in [2.24, 2.45) is 0 Å². The molecule has 0 aliphatic heterocycles. The van der Waals surface area contributed by atoms with Crippen molar-refractivity contribution >= 4 is 5.97 Å². The first-order valence-corrected chi connectivity index (χ1v) is 11.5. The molecule has 0 aliphatic rings. The van der Waals surface area contributed by atoms with Crippen molar-refractivity contribution < 1.29 is 14.3 Å². The van der Waals surface area contributed by atoms with Gasteiger partial charge in [-0.1, -0.05) is 97.1 Å². The molecule has 0 unspecified atom stereocenters. The molecule has 3 aromatic rings. The topological polar surface area (TPSA) is 38.8 Å². The molecule has 3 aromatic carbocycles. The molecule has 2 atom stereocenters. The largest absolute Gasteiger partial charge is 0.463 e. The van der Waals surface area contributed by atoms with Crippen molar-refractivity contribution in [3.63, 3.8) is 0 Å². The predicted molar refractivity (Wildman–Crippen MR) is 133 cm³/mol. The molecular formula is C29H33NO3. The van der Waals surface area contributed by atoms with Crippen LogP contribution in [0.4, 0.5) is 0 Å². The molecule has 3 rings (SSSR count). The van der Waals surface area contributed by atoms with Crippen LogP contribution >= 0.6 is 0 Å². The lowest BCUT2D eigenvalue weighted by Crippen LogP contribution is -2.39. The van der Waals surface area contributed by atoms with Gasteiger partial charge in [0.15, 0.2) is 0 Å². The van der Waals surface area contributed by atoms with Gasteiger partial charge in [0.25, 0.3) is 0 Å². The van der Waals surface area contributed by atoms with Gasteiger partial charge in [0.1, 0.15) is 0 Å². The molecule has 0 aliphatic carbocycles. The van der Waals surface area contributed by atoms with Crippen LogP contribution in [-0.4, -0.2) is 30.1 Å². The van der Waals surface area contributed by atoms with E-state index in [1.807, 2.05) is 43.3 Å². The fourth-order valence-electron chi connectivity index (χ4n) is 3.77. The molecule has 0 heterocycles. The van der Waals surface area contributed by atoms with Gasteiger partial charge in [0.05, 0.1) is 25.9 Å². The Bertz CT molecular complexity index is 974. The number of hydrogen-bond donors (Lipinski definition) is 0. The van der Waals surface area contributed by atoms with Crippen LogP contribution < -0.4 is 0 Å². The molecular weight excluding hydrogens is 410 g/mol. The molecule has 0 fully saturated rings. The van der Waals surface area contributed by atoms with Gasteiger partial charge in [-0.3, -0.25) is 4.90 Å². The summed E-state index contributed by atoms with van der Waals surface area (Å²) in [6, 6.07) is 30.9. The maximum Gasteiger partial charge on any atom is 0.330 e. The quantitative estimate of drug-likeness (QED) is 0.256. The summed E-state index contributed by atoms with van der Waals surface area (Å²) in [5.41, 5.74) is 3.54. The van der Waals surface area contributed by atoms with Crippen molar-refractivity contribution in [3.8, 4) is 0 Å². The summed E-state index contributed by atoms with van der Waals surface area (Å²) in [6.45, 7) is 6.06. The highest BCUT2D eigenvalue weighted by Gasteiger charge is 2.24. The molecule has 172 valence electrons. The van der Waals surface area contributed by atoms with Crippen molar-refractivity contribution in [1.29, 1.82) is 0 Å². The third-order valence-corrected chi connectivity index (χ3v) is 5.55. The monoisotopic (exact) mass is 443 g/mol. The number of benzene rings is 3. The summed E-state index contributed by atoms with van der Waals surface area (Å²) in [5, 5.41) is 0. The average Bonchev–Trinajstić information content (AvgIpc) is 2.86. The standard InChI is InChI=1S/C29H33NO3/c1-3-33-29(31)20-19-28(23-32-22-26-15-9-5-10-16-26)30(21-25-13-7-4-8-14-25)24(2)27-17-11-6-12-18-27/h4-20,24,28H,3,21-23H2,1-2H3/b20-19+/t24-,28-/m0/s1. The Balaban J connectivity index is 1.85. The fraction of sp³-hybridized carbons (Fsp3) is 0.276. The molecule has 0 radical (unpaired) electrons. The first-order chi connectivity index (χ1) is 16.2. The molecule has 0 bridgehead atoms. The van der Waals surface area contributed by atoms with E-state index >= 15 is 0 Å². The number of esters is 1. The third-order valence-electron chi connectivity index (χ3n) is 5.55. The van der Waals surface area contributed by atoms with Gasteiger partial charge in [-0.25, -0.2) is 4.79 Å². The Kier molecular flexibility index (Phi) is 9.89. The highest BCUT2D eigenvalue weighted by atomic mass is 16.5. The SMILES string of the molecule is CCOC(=O)/C=C/[C@@H](COCc1ccccc1)N(Cc1ccccc1)[C@@H](C)c1ccccc1. The molecule has 4 nitrogen and oxygen atoms in total. The van der Waals surface area contributed by atoms with Crippen LogP contribution in [0.5, 0.6) is 0 Å². The minimum Gasteiger partial charge on any atom is -0.463 e. The van der Waals surface area contributed by atoms with Crippen LogP contribution in [0.3, 0.4) is 0 Å². The predicted octanol–water partition coefficient (Wildman–Crippen LogP) is 5.95. The number of ether oxygens (including phenoxy) is 2. The van der Waals surface area contributed by atoms with Crippen molar-refractivity contribution in [3.05, 3.63) is 120 Å². The summed E-state index contributed by atoms with van der Waals surface area (Å²) >= 11 is 0. The lowest BCUT2D eigenvalue weighted by atomic mass is 10.0. The molecule has 4 heteroatoms. The van der Waals surface area contributed by atoms with Crippen molar-refractivity contribution in [2.45, 2.75) is 39.1 Å². The minimum atomic E-state index is -0.336. The van der Waals surface area contributed by atoms with E-state index in [4.69, 9.17) is 9.47 Å². The number of hydrogen-bond acceptors (Lipinski definition) is 4. The van der Waals surface area contributed by atoms with E-state index in [-0.39, 0.29) is 18.1 Å². The fourth-order valence-corrected chi connectivity index (χ4v) is 3.77. The third kappa shape index (κ3) is 8.01. The average molecular weight is 444 g/mol. The molecule has 0 saturated heterocycles. The lowest BCUT2D eigenvalue weighted by Gasteiger charge is -2.35. The van der Waals surface area contributed by atoms with E-state index in [0.717, 1.165) is 12.1 Å². The maximum absolute atomic E-state index is 12.1. The van der Waals surface area contributed by atoms with E-state index in [1.54, 1.807) is 0 Å². The highest BCUT2D eigenvalue weighted by molar-refractivity contribution is 5.82. The van der Waals surface area contributed by atoms with Crippen molar-refractivity contribution in [2.75, 3.05) is 13.2 Å². The summed E-state index contributed by atoms with van der Waals surface area (Å²) < 4.78 is 11.3. The van der Waals surface area contributed by atoms with E-state index in [9.17, 15) is 4.79 Å². The van der Waals surface area contributed by atoms with Crippen LogP contribution in [-0.2, 0) is 27.4 Å². The van der Waals surface area contributed by atoms with Crippen molar-refractivity contribution in [1.82, 2.24) is 4.90 Å². The normalized spacial score (nSPS) is 13.2. The Morgan fingerprint density at radius 2 is 1.45 bits per heavy atom. The second-order valence-corrected chi connectivity index (χ2v) is 7.92. The number of rotatable bonds is 12. The van der Waals surface area contributed by atoms with E-state index in [1.165, 1.54) is 17.2 Å². The van der Waals surface area contributed by atoms with Crippen LogP contribution in [0.2, 0.25) is 0 Å². The first-order valence-electron chi connectivity index (χ1n) is 11.5. The number of carbonyl (C=O) groups is 1. The Morgan fingerprint density at radius 3 is 2.06 bits per heavy atom. The van der Waals surface area contributed by atoms with Crippen LogP contribution in [0.1, 0.15) is 36.6 Å². The minimum absolute atomic E-state index is 0.114. The molecule has 0 amide bonds. The number of nitrogens with zero attached hydrogens (tertiary/aromatic N) is 1. The smallest absolute Gasteiger partial charge is 0.330 e. The van der Waals surface area contributed by atoms with Gasteiger partial charge in [-0.05, 0) is 30.5 Å². The van der Waals surface area contributed by atoms with Crippen LogP contribution in [0.15, 0.2) is 103 Å². The van der Waals surface area contributed by atoms with Gasteiger partial charge >= 0.3 is 5.97 Å². The van der Waals surface area contributed by atoms with Crippen LogP contribution in [0.25, 0.3) is 0 Å². The zero-order chi connectivity index (χ0) is 23.3. The zero-order valence-electron chi connectivity index (χ0n) is 19.5. The zero-order valence-corrected chi connectivity index (χ0v) is 19.5. The van der Waals surface area contributed by atoms with Crippen LogP contribution in [0, 0.1) is 0 Å². The second kappa shape index (κ2) is 13.4. The van der Waals surface area contributed by atoms with Gasteiger partial charge in [0.2, 0.25) is 0 Å². The summed E-state index contributed by atoms with van der Waals surface area (Å²) in [5.74, 6) is -0.336. The summed E-state index contributed by atoms with van der Waals surface area (Å²) in [4.78, 5) is 14.5. The second-order valence-electron chi connectivity index (χ2n) is 7.92. The summed E-state index contributed by atoms with van der Waals surface area (Å²) in [7, 11) is 0. The summed E-state index contributed by atoms with van der Waals surface area (Å²) in [6.07, 6.45) is 3.43. The van der Waals surface area contributed by atoms with Gasteiger partial charge in [0, 0.05) is 18.7 Å². The van der Waals surface area contributed by atoms with Gasteiger partial charge < -0.3 is 9.47 Å². The Labute approximate surface area is 197 Å². The molecule has 0 spiro atoms. The molecule has 0 aromatic heterocycles. The Hall–Kier alpha value is -3.21. The molecule has 0 N–H and O–H groups in total. The van der Waals surface area contributed by atoms with E-state index in [2.05, 4.69) is 72.5 Å². The molecule has 33 heavy (non-hydrogen) atoms. The maximum atomic E-state index is 12.1. The van der Waals surface area contributed by atoms with E-state index in [0.29, 0.717) is 19.8 Å². The highest BCUT2D eigenvalue weighted by Crippen LogP contribution is 2.26. The van der Waals surface area contributed by atoms with E-state index < -0.39 is 0 Å². The van der Waals surface area contributed by atoms with Gasteiger partial charge in [-0.2, -0.15) is 0 Å². The van der Waals surface area contributed by atoms with Gasteiger partial charge in [-0.15, -0.1) is 0 Å². The Morgan fingerprint density at radius 1 is 0.879 bits per heavy atom. The number of carbonyl (C=O) groups excluding carboxylic acids is 1. The lowest BCUT2D eigenvalue weighted by molar-refractivity contribution is -0.137. The first kappa shape index (κ1) is 24.4.